The molecule has 0 aliphatic heterocycles. The van der Waals surface area contributed by atoms with Crippen molar-refractivity contribution in [2.75, 3.05) is 19.7 Å². The van der Waals surface area contributed by atoms with Crippen LogP contribution in [-0.4, -0.2) is 19.7 Å². The van der Waals surface area contributed by atoms with Gasteiger partial charge in [0.15, 0.2) is 0 Å². The molecule has 2 aromatic rings. The van der Waals surface area contributed by atoms with Crippen LogP contribution in [0.1, 0.15) is 26.7 Å². The minimum atomic E-state index is 0.724. The Balaban J connectivity index is 1.73. The van der Waals surface area contributed by atoms with Gasteiger partial charge >= 0.3 is 0 Å². The number of fused-ring (bicyclic) bond motifs is 1. The zero-order valence-electron chi connectivity index (χ0n) is 12.6. The largest absolute Gasteiger partial charge is 0.493 e. The lowest BCUT2D eigenvalue weighted by atomic mass is 10.1. The smallest absolute Gasteiger partial charge is 0.127 e. The monoisotopic (exact) mass is 271 g/mol. The van der Waals surface area contributed by atoms with Crippen molar-refractivity contribution in [2.45, 2.75) is 26.7 Å². The van der Waals surface area contributed by atoms with Crippen molar-refractivity contribution in [1.29, 1.82) is 0 Å². The molecule has 0 spiro atoms. The highest BCUT2D eigenvalue weighted by Crippen LogP contribution is 2.25. The molecule has 0 radical (unpaired) electrons. The molecule has 1 N–H and O–H groups in total. The fourth-order valence-electron chi connectivity index (χ4n) is 2.25. The molecule has 2 heteroatoms. The maximum absolute atomic E-state index is 5.92. The summed E-state index contributed by atoms with van der Waals surface area (Å²) in [7, 11) is 0. The summed E-state index contributed by atoms with van der Waals surface area (Å²) in [5.74, 6) is 1.72. The van der Waals surface area contributed by atoms with Gasteiger partial charge in [-0.2, -0.15) is 0 Å². The van der Waals surface area contributed by atoms with Crippen LogP contribution < -0.4 is 10.1 Å². The summed E-state index contributed by atoms with van der Waals surface area (Å²) in [4.78, 5) is 0. The normalized spacial score (nSPS) is 11.2. The Morgan fingerprint density at radius 2 is 1.80 bits per heavy atom. The van der Waals surface area contributed by atoms with Crippen LogP contribution in [0.2, 0.25) is 0 Å². The average molecular weight is 271 g/mol. The average Bonchev–Trinajstić information content (AvgIpc) is 2.46. The summed E-state index contributed by atoms with van der Waals surface area (Å²) < 4.78 is 5.92. The highest BCUT2D eigenvalue weighted by Gasteiger charge is 2.00. The highest BCUT2D eigenvalue weighted by molar-refractivity contribution is 5.88. The van der Waals surface area contributed by atoms with Gasteiger partial charge in [0.25, 0.3) is 0 Å². The molecule has 108 valence electrons. The van der Waals surface area contributed by atoms with Gasteiger partial charge in [0.1, 0.15) is 5.75 Å². The Bertz CT molecular complexity index is 516. The van der Waals surface area contributed by atoms with Gasteiger partial charge in [-0.25, -0.2) is 0 Å². The number of hydrogen-bond donors (Lipinski definition) is 1. The maximum atomic E-state index is 5.92. The molecule has 20 heavy (non-hydrogen) atoms. The van der Waals surface area contributed by atoms with Crippen LogP contribution in [-0.2, 0) is 0 Å². The van der Waals surface area contributed by atoms with Crippen LogP contribution in [0.3, 0.4) is 0 Å². The fourth-order valence-corrected chi connectivity index (χ4v) is 2.25. The number of nitrogens with one attached hydrogen (secondary N) is 1. The van der Waals surface area contributed by atoms with Crippen molar-refractivity contribution >= 4 is 10.8 Å². The summed E-state index contributed by atoms with van der Waals surface area (Å²) in [5.41, 5.74) is 0. The number of rotatable bonds is 8. The molecule has 0 heterocycles. The van der Waals surface area contributed by atoms with Gasteiger partial charge in [0.2, 0.25) is 0 Å². The number of unbranched alkanes of at least 4 members (excludes halogenated alkanes) is 1. The van der Waals surface area contributed by atoms with E-state index in [-0.39, 0.29) is 0 Å². The van der Waals surface area contributed by atoms with Crippen LogP contribution in [0.5, 0.6) is 5.75 Å². The minimum absolute atomic E-state index is 0.724. The third-order valence-electron chi connectivity index (χ3n) is 3.31. The predicted octanol–water partition coefficient (Wildman–Crippen LogP) is 4.24. The first kappa shape index (κ1) is 14.9. The number of benzene rings is 2. The van der Waals surface area contributed by atoms with E-state index in [1.807, 2.05) is 0 Å². The zero-order valence-corrected chi connectivity index (χ0v) is 12.6. The van der Waals surface area contributed by atoms with Crippen molar-refractivity contribution in [1.82, 2.24) is 5.32 Å². The van der Waals surface area contributed by atoms with Gasteiger partial charge < -0.3 is 10.1 Å². The van der Waals surface area contributed by atoms with E-state index in [1.165, 1.54) is 10.8 Å². The Labute approximate surface area is 122 Å². The standard InChI is InChI=1S/C18H25NO/c1-15(2)14-19-12-5-6-13-20-18-11-7-9-16-8-3-4-10-17(16)18/h3-4,7-11,15,19H,5-6,12-14H2,1-2H3. The summed E-state index contributed by atoms with van der Waals surface area (Å²) in [6.45, 7) is 7.44. The molecular weight excluding hydrogens is 246 g/mol. The molecule has 2 nitrogen and oxygen atoms in total. The fraction of sp³-hybridized carbons (Fsp3) is 0.444. The molecule has 2 aromatic carbocycles. The number of ether oxygens (including phenoxy) is 1. The molecule has 0 fully saturated rings. The van der Waals surface area contributed by atoms with E-state index in [9.17, 15) is 0 Å². The van der Waals surface area contributed by atoms with Crippen LogP contribution >= 0.6 is 0 Å². The Hall–Kier alpha value is -1.54. The molecular formula is C18H25NO. The van der Waals surface area contributed by atoms with E-state index in [4.69, 9.17) is 4.74 Å². The summed E-state index contributed by atoms with van der Waals surface area (Å²) in [6, 6.07) is 14.6. The molecule has 0 unspecified atom stereocenters. The second-order valence-corrected chi connectivity index (χ2v) is 5.63. The molecule has 0 aliphatic rings. The quantitative estimate of drug-likeness (QED) is 0.725. The van der Waals surface area contributed by atoms with E-state index in [0.717, 1.165) is 44.2 Å². The van der Waals surface area contributed by atoms with E-state index in [1.54, 1.807) is 0 Å². The Morgan fingerprint density at radius 1 is 1.00 bits per heavy atom. The molecule has 0 atom stereocenters. The van der Waals surface area contributed by atoms with Gasteiger partial charge in [0.05, 0.1) is 6.61 Å². The Morgan fingerprint density at radius 3 is 2.65 bits per heavy atom. The van der Waals surface area contributed by atoms with Gasteiger partial charge in [-0.05, 0) is 43.3 Å². The molecule has 0 aliphatic carbocycles. The van der Waals surface area contributed by atoms with Crippen molar-refractivity contribution < 1.29 is 4.74 Å². The van der Waals surface area contributed by atoms with Crippen molar-refractivity contribution in [3.05, 3.63) is 42.5 Å². The van der Waals surface area contributed by atoms with Gasteiger partial charge in [-0.1, -0.05) is 50.2 Å². The van der Waals surface area contributed by atoms with Crippen molar-refractivity contribution in [3.63, 3.8) is 0 Å². The second kappa shape index (κ2) is 7.91. The van der Waals surface area contributed by atoms with E-state index < -0.39 is 0 Å². The van der Waals surface area contributed by atoms with Crippen LogP contribution in [0.15, 0.2) is 42.5 Å². The van der Waals surface area contributed by atoms with E-state index in [2.05, 4.69) is 61.6 Å². The lowest BCUT2D eigenvalue weighted by Gasteiger charge is -2.10. The van der Waals surface area contributed by atoms with Crippen molar-refractivity contribution in [2.24, 2.45) is 5.92 Å². The SMILES string of the molecule is CC(C)CNCCCCOc1cccc2ccccc12. The van der Waals surface area contributed by atoms with Gasteiger partial charge in [0, 0.05) is 5.39 Å². The van der Waals surface area contributed by atoms with Crippen molar-refractivity contribution in [3.8, 4) is 5.75 Å². The molecule has 0 aromatic heterocycles. The Kier molecular flexibility index (Phi) is 5.87. The molecule has 0 amide bonds. The van der Waals surface area contributed by atoms with Crippen LogP contribution in [0, 0.1) is 5.92 Å². The zero-order chi connectivity index (χ0) is 14.2. The lowest BCUT2D eigenvalue weighted by molar-refractivity contribution is 0.309. The predicted molar refractivity (Wildman–Crippen MR) is 86.4 cm³/mol. The summed E-state index contributed by atoms with van der Waals surface area (Å²) >= 11 is 0. The lowest BCUT2D eigenvalue weighted by Crippen LogP contribution is -2.21. The molecule has 0 saturated carbocycles. The van der Waals surface area contributed by atoms with Gasteiger partial charge in [-0.3, -0.25) is 0 Å². The molecule has 0 bridgehead atoms. The van der Waals surface area contributed by atoms with Gasteiger partial charge in [-0.15, -0.1) is 0 Å². The third-order valence-corrected chi connectivity index (χ3v) is 3.31. The summed E-state index contributed by atoms with van der Waals surface area (Å²) in [5, 5.41) is 5.90. The second-order valence-electron chi connectivity index (χ2n) is 5.63. The summed E-state index contributed by atoms with van der Waals surface area (Å²) in [6.07, 6.45) is 2.26. The maximum Gasteiger partial charge on any atom is 0.127 e. The van der Waals surface area contributed by atoms with E-state index >= 15 is 0 Å². The third kappa shape index (κ3) is 4.53. The van der Waals surface area contributed by atoms with E-state index in [0.29, 0.717) is 0 Å². The highest BCUT2D eigenvalue weighted by atomic mass is 16.5. The first-order valence-corrected chi connectivity index (χ1v) is 7.58. The first-order chi connectivity index (χ1) is 9.77. The molecule has 0 saturated heterocycles. The molecule has 2 rings (SSSR count). The number of hydrogen-bond acceptors (Lipinski definition) is 2. The first-order valence-electron chi connectivity index (χ1n) is 7.58. The topological polar surface area (TPSA) is 21.3 Å². The van der Waals surface area contributed by atoms with Crippen LogP contribution in [0.4, 0.5) is 0 Å². The van der Waals surface area contributed by atoms with Crippen LogP contribution in [0.25, 0.3) is 10.8 Å². The minimum Gasteiger partial charge on any atom is -0.493 e.